The van der Waals surface area contributed by atoms with Crippen LogP contribution in [-0.2, 0) is 11.3 Å². The lowest BCUT2D eigenvalue weighted by atomic mass is 10.0. The second-order valence-corrected chi connectivity index (χ2v) is 5.94. The smallest absolute Gasteiger partial charge is 0.133 e. The molecule has 1 N–H and O–H groups in total. The van der Waals surface area contributed by atoms with Crippen LogP contribution in [0, 0.1) is 13.8 Å². The van der Waals surface area contributed by atoms with Crippen LogP contribution in [0.2, 0.25) is 0 Å². The first kappa shape index (κ1) is 14.3. The van der Waals surface area contributed by atoms with E-state index in [2.05, 4.69) is 44.0 Å². The Bertz CT molecular complexity index is 457. The summed E-state index contributed by atoms with van der Waals surface area (Å²) in [5.74, 6) is 1.11. The Hall–Kier alpha value is -1.13. The molecule has 4 nitrogen and oxygen atoms in total. The molecule has 0 aromatic carbocycles. The molecule has 0 unspecified atom stereocenters. The van der Waals surface area contributed by atoms with Crippen LogP contribution in [0.15, 0.2) is 6.07 Å². The monoisotopic (exact) mass is 263 g/mol. The van der Waals surface area contributed by atoms with Gasteiger partial charge < -0.3 is 15.0 Å². The van der Waals surface area contributed by atoms with E-state index in [4.69, 9.17) is 9.72 Å². The van der Waals surface area contributed by atoms with E-state index in [1.807, 2.05) is 7.05 Å². The highest BCUT2D eigenvalue weighted by Gasteiger charge is 2.29. The molecule has 1 aromatic rings. The molecule has 4 heteroatoms. The van der Waals surface area contributed by atoms with Gasteiger partial charge in [-0.05, 0) is 46.4 Å². The summed E-state index contributed by atoms with van der Waals surface area (Å²) >= 11 is 0. The van der Waals surface area contributed by atoms with E-state index in [1.165, 1.54) is 11.1 Å². The van der Waals surface area contributed by atoms with Gasteiger partial charge >= 0.3 is 0 Å². The van der Waals surface area contributed by atoms with Crippen molar-refractivity contribution in [1.29, 1.82) is 0 Å². The van der Waals surface area contributed by atoms with Gasteiger partial charge in [-0.1, -0.05) is 0 Å². The van der Waals surface area contributed by atoms with Crippen LogP contribution in [0.5, 0.6) is 0 Å². The summed E-state index contributed by atoms with van der Waals surface area (Å²) in [6.07, 6.45) is 0. The molecule has 1 aromatic heterocycles. The Morgan fingerprint density at radius 1 is 1.42 bits per heavy atom. The Balaban J connectivity index is 2.37. The zero-order chi connectivity index (χ0) is 14.0. The number of hydrogen-bond donors (Lipinski definition) is 1. The van der Waals surface area contributed by atoms with Gasteiger partial charge in [0, 0.05) is 30.9 Å². The van der Waals surface area contributed by atoms with Gasteiger partial charge in [-0.3, -0.25) is 0 Å². The SMILES string of the molecule is CNCc1c(C)cc(C)nc1N1CCOC(C)(C)C1. The first-order valence-corrected chi connectivity index (χ1v) is 6.93. The lowest BCUT2D eigenvalue weighted by Gasteiger charge is -2.39. The standard InChI is InChI=1S/C15H25N3O/c1-11-8-12(2)17-14(13(11)9-16-5)18-6-7-19-15(3,4)10-18/h8,16H,6-7,9-10H2,1-5H3. The van der Waals surface area contributed by atoms with E-state index in [-0.39, 0.29) is 5.60 Å². The lowest BCUT2D eigenvalue weighted by molar-refractivity contribution is -0.0279. The van der Waals surface area contributed by atoms with Gasteiger partial charge in [-0.15, -0.1) is 0 Å². The van der Waals surface area contributed by atoms with Crippen molar-refractivity contribution in [3.8, 4) is 0 Å². The fraction of sp³-hybridized carbons (Fsp3) is 0.667. The third-order valence-electron chi connectivity index (χ3n) is 3.53. The van der Waals surface area contributed by atoms with E-state index in [9.17, 15) is 0 Å². The molecular weight excluding hydrogens is 238 g/mol. The number of nitrogens with zero attached hydrogens (tertiary/aromatic N) is 2. The molecule has 0 radical (unpaired) electrons. The number of hydrogen-bond acceptors (Lipinski definition) is 4. The molecular formula is C15H25N3O. The number of pyridine rings is 1. The molecule has 1 aliphatic rings. The van der Waals surface area contributed by atoms with Crippen LogP contribution >= 0.6 is 0 Å². The minimum atomic E-state index is -0.103. The normalized spacial score (nSPS) is 18.7. The van der Waals surface area contributed by atoms with Crippen molar-refractivity contribution in [2.45, 2.75) is 39.8 Å². The molecule has 0 amide bonds. The number of ether oxygens (including phenoxy) is 1. The molecule has 1 fully saturated rings. The van der Waals surface area contributed by atoms with Crippen LogP contribution in [-0.4, -0.2) is 37.3 Å². The zero-order valence-electron chi connectivity index (χ0n) is 12.7. The van der Waals surface area contributed by atoms with Gasteiger partial charge in [0.05, 0.1) is 12.2 Å². The van der Waals surface area contributed by atoms with E-state index in [0.29, 0.717) is 0 Å². The number of rotatable bonds is 3. The molecule has 0 spiro atoms. The van der Waals surface area contributed by atoms with Crippen LogP contribution in [0.4, 0.5) is 5.82 Å². The first-order valence-electron chi connectivity index (χ1n) is 6.93. The summed E-state index contributed by atoms with van der Waals surface area (Å²) in [6.45, 7) is 11.9. The molecule has 1 aliphatic heterocycles. The van der Waals surface area contributed by atoms with Crippen molar-refractivity contribution < 1.29 is 4.74 Å². The van der Waals surface area contributed by atoms with E-state index < -0.39 is 0 Å². The van der Waals surface area contributed by atoms with Gasteiger partial charge in [0.25, 0.3) is 0 Å². The Labute approximate surface area is 116 Å². The van der Waals surface area contributed by atoms with Crippen molar-refractivity contribution in [2.75, 3.05) is 31.6 Å². The van der Waals surface area contributed by atoms with Crippen LogP contribution in [0.1, 0.15) is 30.7 Å². The fourth-order valence-electron chi connectivity index (χ4n) is 2.70. The number of aromatic nitrogens is 1. The maximum absolute atomic E-state index is 5.79. The molecule has 19 heavy (non-hydrogen) atoms. The molecule has 0 saturated carbocycles. The number of morpholine rings is 1. The number of aryl methyl sites for hydroxylation is 2. The van der Waals surface area contributed by atoms with E-state index >= 15 is 0 Å². The summed E-state index contributed by atoms with van der Waals surface area (Å²) in [5.41, 5.74) is 3.58. The summed E-state index contributed by atoms with van der Waals surface area (Å²) < 4.78 is 5.79. The first-order chi connectivity index (χ1) is 8.93. The Morgan fingerprint density at radius 2 is 2.16 bits per heavy atom. The highest BCUT2D eigenvalue weighted by Crippen LogP contribution is 2.27. The van der Waals surface area contributed by atoms with Gasteiger partial charge in [0.2, 0.25) is 0 Å². The molecule has 2 heterocycles. The lowest BCUT2D eigenvalue weighted by Crippen LogP contribution is -2.49. The van der Waals surface area contributed by atoms with Crippen LogP contribution in [0.25, 0.3) is 0 Å². The van der Waals surface area contributed by atoms with Crippen molar-refractivity contribution in [1.82, 2.24) is 10.3 Å². The third kappa shape index (κ3) is 3.25. The summed E-state index contributed by atoms with van der Waals surface area (Å²) in [6, 6.07) is 2.15. The van der Waals surface area contributed by atoms with Gasteiger partial charge in [-0.25, -0.2) is 4.98 Å². The molecule has 1 saturated heterocycles. The van der Waals surface area contributed by atoms with Gasteiger partial charge in [-0.2, -0.15) is 0 Å². The largest absolute Gasteiger partial charge is 0.372 e. The molecule has 0 atom stereocenters. The van der Waals surface area contributed by atoms with Crippen LogP contribution in [0.3, 0.4) is 0 Å². The number of anilines is 1. The minimum absolute atomic E-state index is 0.103. The molecule has 0 aliphatic carbocycles. The summed E-state index contributed by atoms with van der Waals surface area (Å²) in [5, 5.41) is 3.25. The average molecular weight is 263 g/mol. The minimum Gasteiger partial charge on any atom is -0.372 e. The number of nitrogens with one attached hydrogen (secondary N) is 1. The van der Waals surface area contributed by atoms with Crippen molar-refractivity contribution in [2.24, 2.45) is 0 Å². The quantitative estimate of drug-likeness (QED) is 0.905. The summed E-state index contributed by atoms with van der Waals surface area (Å²) in [4.78, 5) is 7.13. The molecule has 2 rings (SSSR count). The second kappa shape index (κ2) is 5.47. The van der Waals surface area contributed by atoms with Crippen LogP contribution < -0.4 is 10.2 Å². The summed E-state index contributed by atoms with van der Waals surface area (Å²) in [7, 11) is 1.98. The second-order valence-electron chi connectivity index (χ2n) is 5.94. The molecule has 106 valence electrons. The predicted octanol–water partition coefficient (Wildman–Crippen LogP) is 2.03. The maximum Gasteiger partial charge on any atom is 0.133 e. The van der Waals surface area contributed by atoms with Gasteiger partial charge in [0.15, 0.2) is 0 Å². The zero-order valence-corrected chi connectivity index (χ0v) is 12.7. The average Bonchev–Trinajstić information content (AvgIpc) is 2.31. The topological polar surface area (TPSA) is 37.4 Å². The Kier molecular flexibility index (Phi) is 4.11. The fourth-order valence-corrected chi connectivity index (χ4v) is 2.70. The van der Waals surface area contributed by atoms with E-state index in [1.54, 1.807) is 0 Å². The molecule has 0 bridgehead atoms. The van der Waals surface area contributed by atoms with Crippen molar-refractivity contribution >= 4 is 5.82 Å². The highest BCUT2D eigenvalue weighted by atomic mass is 16.5. The highest BCUT2D eigenvalue weighted by molar-refractivity contribution is 5.52. The van der Waals surface area contributed by atoms with Gasteiger partial charge in [0.1, 0.15) is 5.82 Å². The van der Waals surface area contributed by atoms with Crippen molar-refractivity contribution in [3.05, 3.63) is 22.9 Å². The predicted molar refractivity (Wildman–Crippen MR) is 78.7 cm³/mol. The van der Waals surface area contributed by atoms with E-state index in [0.717, 1.165) is 37.8 Å². The maximum atomic E-state index is 5.79. The Morgan fingerprint density at radius 3 is 2.79 bits per heavy atom. The van der Waals surface area contributed by atoms with Crippen molar-refractivity contribution in [3.63, 3.8) is 0 Å². The third-order valence-corrected chi connectivity index (χ3v) is 3.53.